The first kappa shape index (κ1) is 16.8. The average Bonchev–Trinajstić information content (AvgIpc) is 2.92. The van der Waals surface area contributed by atoms with Gasteiger partial charge in [0.1, 0.15) is 16.6 Å². The van der Waals surface area contributed by atoms with Crippen LogP contribution in [0.4, 0.5) is 0 Å². The van der Waals surface area contributed by atoms with E-state index >= 15 is 0 Å². The number of aryl methyl sites for hydroxylation is 1. The van der Waals surface area contributed by atoms with Gasteiger partial charge in [-0.3, -0.25) is 9.59 Å². The van der Waals surface area contributed by atoms with Gasteiger partial charge in [0.25, 0.3) is 0 Å². The summed E-state index contributed by atoms with van der Waals surface area (Å²) in [7, 11) is 0. The summed E-state index contributed by atoms with van der Waals surface area (Å²) in [5, 5.41) is 1.30. The lowest BCUT2D eigenvalue weighted by molar-refractivity contribution is -0.134. The third kappa shape index (κ3) is 2.73. The molecule has 2 aromatic carbocycles. The van der Waals surface area contributed by atoms with Gasteiger partial charge in [-0.05, 0) is 24.6 Å². The highest BCUT2D eigenvalue weighted by Crippen LogP contribution is 2.39. The maximum absolute atomic E-state index is 12.6. The second-order valence-electron chi connectivity index (χ2n) is 6.13. The molecule has 0 N–H and O–H groups in total. The van der Waals surface area contributed by atoms with Crippen LogP contribution in [0.2, 0.25) is 0 Å². The standard InChI is InChI=1S/C20H14O7/c1-9-5-4-6-13-17(9)19-18(20(23)27-13)12-7-15(24-10(2)21)16(25-11(3)22)8-14(12)26-19/h4-8H,1-3H3. The molecule has 0 spiro atoms. The minimum Gasteiger partial charge on any atom is -0.455 e. The van der Waals surface area contributed by atoms with Crippen molar-refractivity contribution < 1.29 is 27.9 Å². The molecule has 0 atom stereocenters. The van der Waals surface area contributed by atoms with Crippen molar-refractivity contribution >= 4 is 44.8 Å². The number of rotatable bonds is 2. The Kier molecular flexibility index (Phi) is 3.73. The molecule has 0 unspecified atom stereocenters. The fraction of sp³-hybridized carbons (Fsp3) is 0.150. The van der Waals surface area contributed by atoms with Gasteiger partial charge >= 0.3 is 17.6 Å². The lowest BCUT2D eigenvalue weighted by atomic mass is 10.1. The minimum absolute atomic E-state index is 0.0113. The number of furan rings is 1. The predicted molar refractivity (Wildman–Crippen MR) is 97.1 cm³/mol. The number of esters is 2. The first-order chi connectivity index (χ1) is 12.8. The van der Waals surface area contributed by atoms with Gasteiger partial charge in [0.15, 0.2) is 17.1 Å². The molecule has 2 heterocycles. The monoisotopic (exact) mass is 366 g/mol. The molecule has 4 rings (SSSR count). The number of hydrogen-bond donors (Lipinski definition) is 0. The summed E-state index contributed by atoms with van der Waals surface area (Å²) >= 11 is 0. The largest absolute Gasteiger partial charge is 0.455 e. The molecule has 136 valence electrons. The van der Waals surface area contributed by atoms with E-state index < -0.39 is 17.6 Å². The molecule has 0 saturated heterocycles. The fourth-order valence-electron chi connectivity index (χ4n) is 3.12. The van der Waals surface area contributed by atoms with E-state index in [9.17, 15) is 14.4 Å². The first-order valence-corrected chi connectivity index (χ1v) is 8.14. The molecular weight excluding hydrogens is 352 g/mol. The topological polar surface area (TPSA) is 96.0 Å². The summed E-state index contributed by atoms with van der Waals surface area (Å²) < 4.78 is 21.6. The zero-order valence-corrected chi connectivity index (χ0v) is 14.7. The van der Waals surface area contributed by atoms with Crippen molar-refractivity contribution in [2.45, 2.75) is 20.8 Å². The van der Waals surface area contributed by atoms with E-state index in [1.165, 1.54) is 26.0 Å². The molecule has 27 heavy (non-hydrogen) atoms. The molecule has 2 aromatic heterocycles. The van der Waals surface area contributed by atoms with Gasteiger partial charge in [0, 0.05) is 25.3 Å². The molecular formula is C20H14O7. The molecule has 4 aromatic rings. The van der Waals surface area contributed by atoms with Crippen LogP contribution in [0, 0.1) is 6.92 Å². The van der Waals surface area contributed by atoms with E-state index in [0.717, 1.165) is 5.56 Å². The van der Waals surface area contributed by atoms with Crippen molar-refractivity contribution in [2.75, 3.05) is 0 Å². The highest BCUT2D eigenvalue weighted by Gasteiger charge is 2.21. The Labute approximate surface area is 152 Å². The molecule has 0 aliphatic rings. The van der Waals surface area contributed by atoms with E-state index in [-0.39, 0.29) is 16.9 Å². The van der Waals surface area contributed by atoms with Crippen molar-refractivity contribution in [1.29, 1.82) is 0 Å². The highest BCUT2D eigenvalue weighted by atomic mass is 16.6. The van der Waals surface area contributed by atoms with E-state index in [1.807, 2.05) is 13.0 Å². The Morgan fingerprint density at radius 3 is 2.22 bits per heavy atom. The average molecular weight is 366 g/mol. The van der Waals surface area contributed by atoms with Crippen LogP contribution in [0.15, 0.2) is 44.0 Å². The lowest BCUT2D eigenvalue weighted by Crippen LogP contribution is -2.07. The van der Waals surface area contributed by atoms with Gasteiger partial charge in [-0.25, -0.2) is 4.79 Å². The predicted octanol–water partition coefficient (Wildman–Crippen LogP) is 3.85. The minimum atomic E-state index is -0.594. The van der Waals surface area contributed by atoms with Gasteiger partial charge in [-0.15, -0.1) is 0 Å². The number of hydrogen-bond acceptors (Lipinski definition) is 7. The molecule has 0 bridgehead atoms. The third-order valence-electron chi connectivity index (χ3n) is 4.13. The number of carbonyl (C=O) groups excluding carboxylic acids is 2. The Bertz CT molecular complexity index is 1310. The van der Waals surface area contributed by atoms with Crippen LogP contribution in [0.3, 0.4) is 0 Å². The Morgan fingerprint density at radius 2 is 1.56 bits per heavy atom. The molecule has 7 heteroatoms. The molecule has 7 nitrogen and oxygen atoms in total. The van der Waals surface area contributed by atoms with Gasteiger partial charge in [-0.2, -0.15) is 0 Å². The summed E-state index contributed by atoms with van der Waals surface area (Å²) in [5.41, 5.74) is 1.38. The van der Waals surface area contributed by atoms with Crippen LogP contribution in [0.25, 0.3) is 32.9 Å². The summed E-state index contributed by atoms with van der Waals surface area (Å²) in [6, 6.07) is 8.20. The number of ether oxygens (including phenoxy) is 2. The first-order valence-electron chi connectivity index (χ1n) is 8.14. The maximum Gasteiger partial charge on any atom is 0.348 e. The van der Waals surface area contributed by atoms with Gasteiger partial charge in [0.2, 0.25) is 0 Å². The second kappa shape index (κ2) is 5.98. The molecule has 0 saturated carbocycles. The van der Waals surface area contributed by atoms with Crippen LogP contribution in [-0.4, -0.2) is 11.9 Å². The van der Waals surface area contributed by atoms with Gasteiger partial charge < -0.3 is 18.3 Å². The number of benzene rings is 2. The van der Waals surface area contributed by atoms with Crippen molar-refractivity contribution in [3.63, 3.8) is 0 Å². The Balaban J connectivity index is 2.14. The molecule has 0 radical (unpaired) electrons. The Hall–Kier alpha value is -3.61. The van der Waals surface area contributed by atoms with Crippen LogP contribution < -0.4 is 15.1 Å². The quantitative estimate of drug-likeness (QED) is 0.302. The zero-order valence-electron chi connectivity index (χ0n) is 14.7. The molecule has 0 aliphatic heterocycles. The smallest absolute Gasteiger partial charge is 0.348 e. The zero-order chi connectivity index (χ0) is 19.3. The SMILES string of the molecule is CC(=O)Oc1cc2oc3c4c(C)cccc4oc(=O)c3c2cc1OC(C)=O. The van der Waals surface area contributed by atoms with Crippen molar-refractivity contribution in [1.82, 2.24) is 0 Å². The summed E-state index contributed by atoms with van der Waals surface area (Å²) in [6.07, 6.45) is 0. The van der Waals surface area contributed by atoms with Crippen molar-refractivity contribution in [3.05, 3.63) is 46.3 Å². The van der Waals surface area contributed by atoms with Crippen LogP contribution >= 0.6 is 0 Å². The van der Waals surface area contributed by atoms with Crippen molar-refractivity contribution in [2.24, 2.45) is 0 Å². The van der Waals surface area contributed by atoms with E-state index in [2.05, 4.69) is 0 Å². The Morgan fingerprint density at radius 1 is 0.889 bits per heavy atom. The molecule has 0 amide bonds. The number of carbonyl (C=O) groups is 2. The van der Waals surface area contributed by atoms with Gasteiger partial charge in [-0.1, -0.05) is 12.1 Å². The second-order valence-corrected chi connectivity index (χ2v) is 6.13. The summed E-state index contributed by atoms with van der Waals surface area (Å²) in [6.45, 7) is 4.33. The van der Waals surface area contributed by atoms with E-state index in [4.69, 9.17) is 18.3 Å². The number of fused-ring (bicyclic) bond motifs is 5. The van der Waals surface area contributed by atoms with E-state index in [1.54, 1.807) is 12.1 Å². The molecule has 0 fully saturated rings. The fourth-order valence-corrected chi connectivity index (χ4v) is 3.12. The maximum atomic E-state index is 12.6. The molecule has 0 aliphatic carbocycles. The van der Waals surface area contributed by atoms with Crippen LogP contribution in [-0.2, 0) is 9.59 Å². The van der Waals surface area contributed by atoms with E-state index in [0.29, 0.717) is 27.5 Å². The lowest BCUT2D eigenvalue weighted by Gasteiger charge is -2.08. The van der Waals surface area contributed by atoms with Crippen molar-refractivity contribution in [3.8, 4) is 11.5 Å². The van der Waals surface area contributed by atoms with Gasteiger partial charge in [0.05, 0.1) is 5.39 Å². The normalized spacial score (nSPS) is 11.2. The van der Waals surface area contributed by atoms with Crippen LogP contribution in [0.5, 0.6) is 11.5 Å². The summed E-state index contributed by atoms with van der Waals surface area (Å²) in [5.74, 6) is -1.14. The summed E-state index contributed by atoms with van der Waals surface area (Å²) in [4.78, 5) is 35.3. The highest BCUT2D eigenvalue weighted by molar-refractivity contribution is 6.14. The third-order valence-corrected chi connectivity index (χ3v) is 4.13. The van der Waals surface area contributed by atoms with Crippen LogP contribution in [0.1, 0.15) is 19.4 Å².